The van der Waals surface area contributed by atoms with Gasteiger partial charge in [0.2, 0.25) is 5.91 Å². The average molecular weight is 369 g/mol. The van der Waals surface area contributed by atoms with E-state index in [-0.39, 0.29) is 24.3 Å². The van der Waals surface area contributed by atoms with Crippen molar-refractivity contribution in [3.8, 4) is 0 Å². The number of nitrogen functional groups attached to an aromatic ring is 1. The van der Waals surface area contributed by atoms with E-state index < -0.39 is 0 Å². The first kappa shape index (κ1) is 21.1. The van der Waals surface area contributed by atoms with Gasteiger partial charge < -0.3 is 20.4 Å². The Morgan fingerprint density at radius 1 is 1.04 bits per heavy atom. The van der Waals surface area contributed by atoms with Gasteiger partial charge in [-0.15, -0.1) is 12.4 Å². The lowest BCUT2D eigenvalue weighted by atomic mass is 10.1. The van der Waals surface area contributed by atoms with Crippen LogP contribution in [-0.4, -0.2) is 65.9 Å². The molecule has 0 bridgehead atoms. The van der Waals surface area contributed by atoms with Gasteiger partial charge in [-0.3, -0.25) is 4.79 Å². The van der Waals surface area contributed by atoms with Crippen molar-refractivity contribution in [1.82, 2.24) is 14.7 Å². The first-order valence-corrected chi connectivity index (χ1v) is 8.71. The summed E-state index contributed by atoms with van der Waals surface area (Å²) < 4.78 is 0. The fourth-order valence-electron chi connectivity index (χ4n) is 3.00. The third kappa shape index (κ3) is 5.53. The highest BCUT2D eigenvalue weighted by atomic mass is 35.5. The van der Waals surface area contributed by atoms with Crippen LogP contribution in [0.15, 0.2) is 24.3 Å². The topological polar surface area (TPSA) is 69.9 Å². The van der Waals surface area contributed by atoms with Gasteiger partial charge in [0.15, 0.2) is 0 Å². The lowest BCUT2D eigenvalue weighted by molar-refractivity contribution is -0.132. The molecule has 3 amide bonds. The highest BCUT2D eigenvalue weighted by molar-refractivity contribution is 5.85. The highest BCUT2D eigenvalue weighted by Gasteiger charge is 2.25. The number of urea groups is 1. The van der Waals surface area contributed by atoms with Crippen molar-refractivity contribution < 1.29 is 9.59 Å². The molecule has 0 unspecified atom stereocenters. The first-order chi connectivity index (χ1) is 11.6. The van der Waals surface area contributed by atoms with Gasteiger partial charge in [0, 0.05) is 51.4 Å². The fourth-order valence-corrected chi connectivity index (χ4v) is 3.00. The van der Waals surface area contributed by atoms with Gasteiger partial charge >= 0.3 is 6.03 Å². The number of anilines is 1. The Kier molecular flexibility index (Phi) is 8.55. The number of piperazine rings is 1. The molecule has 1 aromatic carbocycles. The number of para-hydroxylation sites is 1. The fraction of sp³-hybridized carbons (Fsp3) is 0.556. The number of rotatable bonds is 5. The molecule has 0 aromatic heterocycles. The smallest absolute Gasteiger partial charge is 0.320 e. The van der Waals surface area contributed by atoms with Gasteiger partial charge in [-0.2, -0.15) is 0 Å². The summed E-state index contributed by atoms with van der Waals surface area (Å²) in [4.78, 5) is 30.2. The van der Waals surface area contributed by atoms with Crippen molar-refractivity contribution in [1.29, 1.82) is 0 Å². The Labute approximate surface area is 156 Å². The Balaban J connectivity index is 0.00000312. The van der Waals surface area contributed by atoms with Crippen molar-refractivity contribution in [3.63, 3.8) is 0 Å². The van der Waals surface area contributed by atoms with Crippen molar-refractivity contribution >= 4 is 30.0 Å². The Morgan fingerprint density at radius 3 is 2.16 bits per heavy atom. The molecule has 2 N–H and O–H groups in total. The van der Waals surface area contributed by atoms with Crippen LogP contribution in [0.4, 0.5) is 10.5 Å². The predicted octanol–water partition coefficient (Wildman–Crippen LogP) is 2.23. The molecule has 25 heavy (non-hydrogen) atoms. The number of benzene rings is 1. The zero-order valence-electron chi connectivity index (χ0n) is 15.1. The third-order valence-corrected chi connectivity index (χ3v) is 4.60. The van der Waals surface area contributed by atoms with Gasteiger partial charge in [-0.25, -0.2) is 4.79 Å². The second-order valence-corrected chi connectivity index (χ2v) is 6.02. The van der Waals surface area contributed by atoms with Crippen LogP contribution >= 0.6 is 12.4 Å². The molecule has 1 aromatic rings. The molecule has 1 fully saturated rings. The molecule has 0 spiro atoms. The average Bonchev–Trinajstić information content (AvgIpc) is 2.62. The minimum Gasteiger partial charge on any atom is -0.399 e. The lowest BCUT2D eigenvalue weighted by Crippen LogP contribution is -2.54. The van der Waals surface area contributed by atoms with E-state index in [0.717, 1.165) is 11.3 Å². The normalized spacial score (nSPS) is 14.0. The third-order valence-electron chi connectivity index (χ3n) is 4.60. The Hall–Kier alpha value is -1.95. The molecular weight excluding hydrogens is 340 g/mol. The minimum atomic E-state index is 0. The van der Waals surface area contributed by atoms with E-state index in [1.54, 1.807) is 0 Å². The summed E-state index contributed by atoms with van der Waals surface area (Å²) in [6.07, 6.45) is 1.11. The van der Waals surface area contributed by atoms with Crippen LogP contribution in [0.25, 0.3) is 0 Å². The molecule has 1 heterocycles. The number of hydrogen-bond acceptors (Lipinski definition) is 3. The van der Waals surface area contributed by atoms with Gasteiger partial charge in [-0.1, -0.05) is 18.2 Å². The minimum absolute atomic E-state index is 0. The van der Waals surface area contributed by atoms with E-state index in [2.05, 4.69) is 0 Å². The van der Waals surface area contributed by atoms with E-state index in [4.69, 9.17) is 5.73 Å². The van der Waals surface area contributed by atoms with Crippen LogP contribution in [0.2, 0.25) is 0 Å². The largest absolute Gasteiger partial charge is 0.399 e. The number of carbonyl (C=O) groups is 2. The van der Waals surface area contributed by atoms with Gasteiger partial charge in [0.1, 0.15) is 0 Å². The molecule has 1 aliphatic rings. The number of halogens is 1. The van der Waals surface area contributed by atoms with Crippen molar-refractivity contribution in [2.45, 2.75) is 26.7 Å². The number of hydrogen-bond donors (Lipinski definition) is 1. The maximum atomic E-state index is 12.4. The molecule has 0 radical (unpaired) electrons. The van der Waals surface area contributed by atoms with Crippen LogP contribution in [-0.2, 0) is 11.2 Å². The number of amides is 3. The number of carbonyl (C=O) groups excluding carboxylic acids is 2. The summed E-state index contributed by atoms with van der Waals surface area (Å²) in [5, 5.41) is 0. The zero-order valence-corrected chi connectivity index (χ0v) is 15.9. The number of aryl methyl sites for hydroxylation is 1. The summed E-state index contributed by atoms with van der Waals surface area (Å²) in [7, 11) is 0. The SMILES string of the molecule is CCN(CC)C(=O)N1CCN(C(=O)CCc2ccccc2N)CC1.Cl. The van der Waals surface area contributed by atoms with Crippen LogP contribution in [0.3, 0.4) is 0 Å². The van der Waals surface area contributed by atoms with E-state index in [0.29, 0.717) is 52.1 Å². The monoisotopic (exact) mass is 368 g/mol. The second kappa shape index (κ2) is 10.1. The maximum absolute atomic E-state index is 12.4. The van der Waals surface area contributed by atoms with Crippen LogP contribution in [0.1, 0.15) is 25.8 Å². The Morgan fingerprint density at radius 2 is 1.60 bits per heavy atom. The molecule has 0 atom stereocenters. The highest BCUT2D eigenvalue weighted by Crippen LogP contribution is 2.14. The summed E-state index contributed by atoms with van der Waals surface area (Å²) >= 11 is 0. The van der Waals surface area contributed by atoms with Crippen molar-refractivity contribution in [2.75, 3.05) is 45.0 Å². The maximum Gasteiger partial charge on any atom is 0.320 e. The van der Waals surface area contributed by atoms with Crippen molar-refractivity contribution in [3.05, 3.63) is 29.8 Å². The summed E-state index contributed by atoms with van der Waals surface area (Å²) in [6.45, 7) is 7.82. The summed E-state index contributed by atoms with van der Waals surface area (Å²) in [6, 6.07) is 7.73. The molecule has 140 valence electrons. The molecule has 1 saturated heterocycles. The van der Waals surface area contributed by atoms with E-state index >= 15 is 0 Å². The molecule has 6 nitrogen and oxygen atoms in total. The molecule has 1 aliphatic heterocycles. The van der Waals surface area contributed by atoms with Gasteiger partial charge in [0.25, 0.3) is 0 Å². The second-order valence-electron chi connectivity index (χ2n) is 6.02. The Bertz CT molecular complexity index is 570. The standard InChI is InChI=1S/C18H28N4O2.ClH/c1-3-20(4-2)18(24)22-13-11-21(12-14-22)17(23)10-9-15-7-5-6-8-16(15)19;/h5-8H,3-4,9-14,19H2,1-2H3;1H. The summed E-state index contributed by atoms with van der Waals surface area (Å²) in [5.41, 5.74) is 7.67. The lowest BCUT2D eigenvalue weighted by Gasteiger charge is -2.37. The summed E-state index contributed by atoms with van der Waals surface area (Å²) in [5.74, 6) is 0.133. The number of nitrogens with zero attached hydrogens (tertiary/aromatic N) is 3. The molecule has 7 heteroatoms. The predicted molar refractivity (Wildman–Crippen MR) is 103 cm³/mol. The van der Waals surface area contributed by atoms with Gasteiger partial charge in [-0.05, 0) is 31.9 Å². The van der Waals surface area contributed by atoms with E-state index in [1.165, 1.54) is 0 Å². The quantitative estimate of drug-likeness (QED) is 0.810. The first-order valence-electron chi connectivity index (χ1n) is 8.71. The van der Waals surface area contributed by atoms with Gasteiger partial charge in [0.05, 0.1) is 0 Å². The van der Waals surface area contributed by atoms with Crippen LogP contribution in [0, 0.1) is 0 Å². The molecular formula is C18H29ClN4O2. The molecule has 2 rings (SSSR count). The van der Waals surface area contributed by atoms with E-state index in [9.17, 15) is 9.59 Å². The zero-order chi connectivity index (χ0) is 17.5. The van der Waals surface area contributed by atoms with E-state index in [1.807, 2.05) is 52.8 Å². The molecule has 0 saturated carbocycles. The van der Waals surface area contributed by atoms with Crippen LogP contribution in [0.5, 0.6) is 0 Å². The number of nitrogens with two attached hydrogens (primary N) is 1. The van der Waals surface area contributed by atoms with Crippen molar-refractivity contribution in [2.24, 2.45) is 0 Å². The van der Waals surface area contributed by atoms with Crippen LogP contribution < -0.4 is 5.73 Å². The molecule has 0 aliphatic carbocycles.